The van der Waals surface area contributed by atoms with Crippen molar-refractivity contribution in [2.45, 2.75) is 13.0 Å². The molecule has 4 heteroatoms. The predicted octanol–water partition coefficient (Wildman–Crippen LogP) is 3.72. The van der Waals surface area contributed by atoms with Crippen LogP contribution in [-0.4, -0.2) is 11.5 Å². The van der Waals surface area contributed by atoms with Gasteiger partial charge in [0.25, 0.3) is 0 Å². The standard InChI is InChI=1S/C14H14Cl2N2/c15-13-7-6-12(14(16)18-13)10-17-9-8-11-4-2-1-3-5-11/h1-7,17H,8-10H2. The van der Waals surface area contributed by atoms with Gasteiger partial charge in [0.2, 0.25) is 0 Å². The lowest BCUT2D eigenvalue weighted by Crippen LogP contribution is -2.17. The number of benzene rings is 1. The summed E-state index contributed by atoms with van der Waals surface area (Å²) >= 11 is 11.7. The van der Waals surface area contributed by atoms with E-state index < -0.39 is 0 Å². The Hall–Kier alpha value is -1.09. The fourth-order valence-electron chi connectivity index (χ4n) is 1.67. The van der Waals surface area contributed by atoms with Crippen LogP contribution in [0.2, 0.25) is 10.3 Å². The van der Waals surface area contributed by atoms with Gasteiger partial charge in [-0.15, -0.1) is 0 Å². The topological polar surface area (TPSA) is 24.9 Å². The second kappa shape index (κ2) is 6.74. The maximum Gasteiger partial charge on any atom is 0.135 e. The molecule has 0 saturated carbocycles. The first-order chi connectivity index (χ1) is 8.75. The molecule has 2 aromatic rings. The number of nitrogens with one attached hydrogen (secondary N) is 1. The lowest BCUT2D eigenvalue weighted by Gasteiger charge is -2.06. The summed E-state index contributed by atoms with van der Waals surface area (Å²) in [5, 5.41) is 4.23. The third kappa shape index (κ3) is 3.98. The van der Waals surface area contributed by atoms with Crippen molar-refractivity contribution in [2.75, 3.05) is 6.54 Å². The van der Waals surface area contributed by atoms with Crippen molar-refractivity contribution in [1.82, 2.24) is 10.3 Å². The van der Waals surface area contributed by atoms with Gasteiger partial charge in [0.1, 0.15) is 10.3 Å². The highest BCUT2D eigenvalue weighted by atomic mass is 35.5. The van der Waals surface area contributed by atoms with Gasteiger partial charge in [0, 0.05) is 12.1 Å². The second-order valence-corrected chi connectivity index (χ2v) is 4.74. The number of hydrogen-bond acceptors (Lipinski definition) is 2. The molecule has 0 fully saturated rings. The van der Waals surface area contributed by atoms with Crippen molar-refractivity contribution in [2.24, 2.45) is 0 Å². The summed E-state index contributed by atoms with van der Waals surface area (Å²) in [5.41, 5.74) is 2.29. The Labute approximate surface area is 117 Å². The van der Waals surface area contributed by atoms with E-state index in [1.165, 1.54) is 5.56 Å². The molecule has 0 radical (unpaired) electrons. The van der Waals surface area contributed by atoms with Crippen molar-refractivity contribution < 1.29 is 0 Å². The van der Waals surface area contributed by atoms with Crippen LogP contribution in [0.15, 0.2) is 42.5 Å². The molecule has 18 heavy (non-hydrogen) atoms. The normalized spacial score (nSPS) is 10.6. The fourth-order valence-corrected chi connectivity index (χ4v) is 2.08. The van der Waals surface area contributed by atoms with E-state index in [1.54, 1.807) is 6.07 Å². The molecule has 0 saturated heterocycles. The number of nitrogens with zero attached hydrogens (tertiary/aromatic N) is 1. The average molecular weight is 281 g/mol. The number of aromatic nitrogens is 1. The molecule has 0 amide bonds. The molecule has 1 N–H and O–H groups in total. The summed E-state index contributed by atoms with van der Waals surface area (Å²) in [6, 6.07) is 14.0. The van der Waals surface area contributed by atoms with Crippen LogP contribution >= 0.6 is 23.2 Å². The molecule has 2 nitrogen and oxygen atoms in total. The quantitative estimate of drug-likeness (QED) is 0.667. The SMILES string of the molecule is Clc1ccc(CNCCc2ccccc2)c(Cl)n1. The smallest absolute Gasteiger partial charge is 0.135 e. The van der Waals surface area contributed by atoms with Gasteiger partial charge in [0.15, 0.2) is 0 Å². The van der Waals surface area contributed by atoms with E-state index in [0.717, 1.165) is 18.5 Å². The van der Waals surface area contributed by atoms with Crippen molar-refractivity contribution in [3.8, 4) is 0 Å². The molecule has 0 aliphatic heterocycles. The third-order valence-electron chi connectivity index (χ3n) is 2.64. The highest BCUT2D eigenvalue weighted by Gasteiger charge is 2.02. The van der Waals surface area contributed by atoms with Crippen LogP contribution in [0.4, 0.5) is 0 Å². The van der Waals surface area contributed by atoms with Crippen molar-refractivity contribution in [3.05, 3.63) is 63.9 Å². The monoisotopic (exact) mass is 280 g/mol. The molecule has 94 valence electrons. The van der Waals surface area contributed by atoms with Gasteiger partial charge >= 0.3 is 0 Å². The molecule has 0 spiro atoms. The van der Waals surface area contributed by atoms with Crippen LogP contribution in [0, 0.1) is 0 Å². The van der Waals surface area contributed by atoms with E-state index in [0.29, 0.717) is 16.9 Å². The minimum Gasteiger partial charge on any atom is -0.312 e. The Morgan fingerprint density at radius 1 is 1.00 bits per heavy atom. The van der Waals surface area contributed by atoms with Crippen LogP contribution in [0.1, 0.15) is 11.1 Å². The number of hydrogen-bond donors (Lipinski definition) is 1. The molecule has 0 aliphatic carbocycles. The Balaban J connectivity index is 1.79. The lowest BCUT2D eigenvalue weighted by molar-refractivity contribution is 0.685. The third-order valence-corrected chi connectivity index (χ3v) is 3.18. The van der Waals surface area contributed by atoms with Crippen LogP contribution in [0.3, 0.4) is 0 Å². The molecular formula is C14H14Cl2N2. The Bertz CT molecular complexity index is 500. The molecule has 0 bridgehead atoms. The van der Waals surface area contributed by atoms with Crippen LogP contribution in [-0.2, 0) is 13.0 Å². The van der Waals surface area contributed by atoms with Gasteiger partial charge in [-0.2, -0.15) is 0 Å². The van der Waals surface area contributed by atoms with Gasteiger partial charge < -0.3 is 5.32 Å². The van der Waals surface area contributed by atoms with Gasteiger partial charge in [-0.1, -0.05) is 59.6 Å². The minimum absolute atomic E-state index is 0.424. The molecule has 2 rings (SSSR count). The van der Waals surface area contributed by atoms with E-state index in [4.69, 9.17) is 23.2 Å². The molecule has 1 heterocycles. The maximum atomic E-state index is 5.99. The number of rotatable bonds is 5. The largest absolute Gasteiger partial charge is 0.312 e. The molecule has 1 aromatic heterocycles. The summed E-state index contributed by atoms with van der Waals surface area (Å²) in [6.45, 7) is 1.61. The zero-order valence-corrected chi connectivity index (χ0v) is 11.4. The summed E-state index contributed by atoms with van der Waals surface area (Å²) in [4.78, 5) is 4.00. The molecule has 0 unspecified atom stereocenters. The number of pyridine rings is 1. The maximum absolute atomic E-state index is 5.99. The Kier molecular flexibility index (Phi) is 5.00. The molecule has 0 atom stereocenters. The van der Waals surface area contributed by atoms with E-state index in [-0.39, 0.29) is 0 Å². The minimum atomic E-state index is 0.424. The van der Waals surface area contributed by atoms with E-state index in [1.807, 2.05) is 12.1 Å². The summed E-state index contributed by atoms with van der Waals surface area (Å²) in [6.07, 6.45) is 0.999. The van der Waals surface area contributed by atoms with Crippen molar-refractivity contribution in [3.63, 3.8) is 0 Å². The van der Waals surface area contributed by atoms with E-state index in [2.05, 4.69) is 34.6 Å². The Morgan fingerprint density at radius 2 is 1.78 bits per heavy atom. The summed E-state index contributed by atoms with van der Waals surface area (Å²) in [7, 11) is 0. The van der Waals surface area contributed by atoms with Gasteiger partial charge in [-0.05, 0) is 24.6 Å². The molecule has 0 aliphatic rings. The van der Waals surface area contributed by atoms with Crippen molar-refractivity contribution >= 4 is 23.2 Å². The van der Waals surface area contributed by atoms with E-state index >= 15 is 0 Å². The molecule has 1 aromatic carbocycles. The second-order valence-electron chi connectivity index (χ2n) is 4.00. The van der Waals surface area contributed by atoms with Crippen molar-refractivity contribution in [1.29, 1.82) is 0 Å². The average Bonchev–Trinajstić information content (AvgIpc) is 2.38. The summed E-state index contributed by atoms with van der Waals surface area (Å²) < 4.78 is 0. The first-order valence-electron chi connectivity index (χ1n) is 5.81. The first-order valence-corrected chi connectivity index (χ1v) is 6.57. The van der Waals surface area contributed by atoms with Gasteiger partial charge in [-0.25, -0.2) is 4.98 Å². The van der Waals surface area contributed by atoms with Crippen LogP contribution in [0.25, 0.3) is 0 Å². The Morgan fingerprint density at radius 3 is 2.50 bits per heavy atom. The zero-order chi connectivity index (χ0) is 12.8. The van der Waals surface area contributed by atoms with Gasteiger partial charge in [-0.3, -0.25) is 0 Å². The fraction of sp³-hybridized carbons (Fsp3) is 0.214. The highest BCUT2D eigenvalue weighted by Crippen LogP contribution is 2.16. The first kappa shape index (κ1) is 13.3. The van der Waals surface area contributed by atoms with Crippen LogP contribution < -0.4 is 5.32 Å². The lowest BCUT2D eigenvalue weighted by atomic mass is 10.1. The van der Waals surface area contributed by atoms with Crippen LogP contribution in [0.5, 0.6) is 0 Å². The van der Waals surface area contributed by atoms with E-state index in [9.17, 15) is 0 Å². The zero-order valence-electron chi connectivity index (χ0n) is 9.87. The molecular weight excluding hydrogens is 267 g/mol. The number of halogens is 2. The summed E-state index contributed by atoms with van der Waals surface area (Å²) in [5.74, 6) is 0. The predicted molar refractivity (Wildman–Crippen MR) is 76.1 cm³/mol. The van der Waals surface area contributed by atoms with Gasteiger partial charge in [0.05, 0.1) is 0 Å². The highest BCUT2D eigenvalue weighted by molar-refractivity contribution is 6.32.